The summed E-state index contributed by atoms with van der Waals surface area (Å²) in [7, 11) is 0. The number of hydrogen-bond acceptors (Lipinski definition) is 3. The molecule has 1 aliphatic heterocycles. The molecule has 0 amide bonds. The van der Waals surface area contributed by atoms with Gasteiger partial charge in [0.1, 0.15) is 12.7 Å². The Morgan fingerprint density at radius 1 is 1.35 bits per heavy atom. The molecule has 3 aliphatic carbocycles. The summed E-state index contributed by atoms with van der Waals surface area (Å²) in [5, 5.41) is 0. The summed E-state index contributed by atoms with van der Waals surface area (Å²) in [5.41, 5.74) is 3.00. The van der Waals surface area contributed by atoms with Crippen molar-refractivity contribution in [1.29, 1.82) is 0 Å². The van der Waals surface area contributed by atoms with E-state index < -0.39 is 0 Å². The Balaban J connectivity index is 1.60. The van der Waals surface area contributed by atoms with Crippen molar-refractivity contribution < 1.29 is 14.3 Å². The molecule has 0 N–H and O–H groups in total. The highest BCUT2D eigenvalue weighted by Gasteiger charge is 2.57. The molecular weight excluding hydrogens is 324 g/mol. The summed E-state index contributed by atoms with van der Waals surface area (Å²) in [6.45, 7) is 10.4. The number of carbonyl (C=O) groups is 1. The zero-order valence-electron chi connectivity index (χ0n) is 16.8. The second kappa shape index (κ2) is 6.51. The first-order valence-electron chi connectivity index (χ1n) is 10.5. The van der Waals surface area contributed by atoms with Crippen molar-refractivity contribution in [2.75, 3.05) is 13.2 Å². The molecule has 1 saturated heterocycles. The first kappa shape index (κ1) is 18.3. The van der Waals surface area contributed by atoms with Gasteiger partial charge in [0, 0.05) is 0 Å². The van der Waals surface area contributed by atoms with Gasteiger partial charge in [-0.25, -0.2) is 0 Å². The van der Waals surface area contributed by atoms with Crippen LogP contribution in [0.5, 0.6) is 0 Å². The van der Waals surface area contributed by atoms with Gasteiger partial charge in [0.25, 0.3) is 0 Å². The predicted octanol–water partition coefficient (Wildman–Crippen LogP) is 5.06. The minimum absolute atomic E-state index is 0.00926. The molecular formula is C23H34O3. The van der Waals surface area contributed by atoms with E-state index in [1.54, 1.807) is 11.1 Å². The average molecular weight is 359 g/mol. The second-order valence-corrected chi connectivity index (χ2v) is 9.79. The normalized spacial score (nSPS) is 41.7. The Morgan fingerprint density at radius 3 is 2.81 bits per heavy atom. The van der Waals surface area contributed by atoms with E-state index in [1.807, 2.05) is 0 Å². The van der Waals surface area contributed by atoms with Gasteiger partial charge in [-0.3, -0.25) is 4.79 Å². The zero-order valence-corrected chi connectivity index (χ0v) is 16.8. The molecule has 5 atom stereocenters. The number of fused-ring (bicyclic) bond motifs is 3. The molecule has 0 aromatic carbocycles. The van der Waals surface area contributed by atoms with Gasteiger partial charge in [-0.15, -0.1) is 0 Å². The van der Waals surface area contributed by atoms with Crippen molar-refractivity contribution in [3.63, 3.8) is 0 Å². The van der Waals surface area contributed by atoms with Crippen molar-refractivity contribution in [2.45, 2.75) is 72.3 Å². The average Bonchev–Trinajstić information content (AvgIpc) is 3.43. The third kappa shape index (κ3) is 2.96. The highest BCUT2D eigenvalue weighted by molar-refractivity contribution is 5.77. The number of carbonyl (C=O) groups excluding carboxylic acids is 1. The first-order chi connectivity index (χ1) is 12.3. The Labute approximate surface area is 158 Å². The predicted molar refractivity (Wildman–Crippen MR) is 103 cm³/mol. The quantitative estimate of drug-likeness (QED) is 0.520. The van der Waals surface area contributed by atoms with Crippen molar-refractivity contribution in [3.05, 3.63) is 23.3 Å². The van der Waals surface area contributed by atoms with E-state index in [9.17, 15) is 4.79 Å². The van der Waals surface area contributed by atoms with Crippen LogP contribution in [0.1, 0.15) is 66.2 Å². The van der Waals surface area contributed by atoms with E-state index in [0.717, 1.165) is 25.9 Å². The van der Waals surface area contributed by atoms with Crippen molar-refractivity contribution >= 4 is 5.97 Å². The van der Waals surface area contributed by atoms with E-state index in [0.29, 0.717) is 24.4 Å². The molecule has 26 heavy (non-hydrogen) atoms. The van der Waals surface area contributed by atoms with Crippen LogP contribution in [0.2, 0.25) is 0 Å². The van der Waals surface area contributed by atoms with Crippen molar-refractivity contribution in [1.82, 2.24) is 0 Å². The lowest BCUT2D eigenvalue weighted by atomic mass is 9.47. The maximum Gasteiger partial charge on any atom is 0.312 e. The third-order valence-corrected chi connectivity index (χ3v) is 7.85. The molecule has 1 heterocycles. The lowest BCUT2D eigenvalue weighted by molar-refractivity contribution is -0.169. The molecule has 0 aromatic rings. The Hall–Kier alpha value is -1.09. The van der Waals surface area contributed by atoms with Gasteiger partial charge in [-0.2, -0.15) is 0 Å². The maximum absolute atomic E-state index is 13.0. The monoisotopic (exact) mass is 358 g/mol. The fraction of sp³-hybridized carbons (Fsp3) is 0.783. The van der Waals surface area contributed by atoms with Crippen LogP contribution in [0, 0.1) is 28.6 Å². The number of epoxide rings is 1. The van der Waals surface area contributed by atoms with Crippen LogP contribution in [0.25, 0.3) is 0 Å². The largest absolute Gasteiger partial charge is 0.462 e. The molecule has 3 nitrogen and oxygen atoms in total. The van der Waals surface area contributed by atoms with Crippen LogP contribution in [-0.4, -0.2) is 25.3 Å². The second-order valence-electron chi connectivity index (χ2n) is 9.79. The van der Waals surface area contributed by atoms with E-state index in [1.165, 1.54) is 19.3 Å². The standard InChI is InChI=1S/C23H34O3/c1-15(2)16-6-8-19-17(12-16)7-9-20-22(19,3)10-5-11-23(20,4)21(24)26-14-18-13-25-18/h7,12,15,18-20H,5-6,8-11,13-14H2,1-4H3/t18?,19-,20+,22+,23+/m0/s1. The van der Waals surface area contributed by atoms with E-state index >= 15 is 0 Å². The molecule has 0 radical (unpaired) electrons. The minimum Gasteiger partial charge on any atom is -0.462 e. The van der Waals surface area contributed by atoms with Crippen LogP contribution in [0.15, 0.2) is 23.3 Å². The minimum atomic E-state index is -0.355. The van der Waals surface area contributed by atoms with Gasteiger partial charge in [-0.05, 0) is 67.8 Å². The molecule has 0 aromatic heterocycles. The lowest BCUT2D eigenvalue weighted by Gasteiger charge is -2.57. The molecule has 4 aliphatic rings. The SMILES string of the molecule is CC(C)C1=CC2=CC[C@@H]3[C@](C)(CCC[C@@]3(C)C(=O)OCC3CO3)[C@H]2CC1. The fourth-order valence-electron chi connectivity index (χ4n) is 6.09. The third-order valence-electron chi connectivity index (χ3n) is 7.85. The Morgan fingerprint density at radius 2 is 2.12 bits per heavy atom. The van der Waals surface area contributed by atoms with Gasteiger partial charge >= 0.3 is 5.97 Å². The van der Waals surface area contributed by atoms with Crippen LogP contribution < -0.4 is 0 Å². The van der Waals surface area contributed by atoms with Crippen LogP contribution in [0.3, 0.4) is 0 Å². The van der Waals surface area contributed by atoms with E-state index in [-0.39, 0.29) is 22.9 Å². The summed E-state index contributed by atoms with van der Waals surface area (Å²) in [4.78, 5) is 13.0. The Kier molecular flexibility index (Phi) is 4.58. The van der Waals surface area contributed by atoms with E-state index in [4.69, 9.17) is 9.47 Å². The summed E-state index contributed by atoms with van der Waals surface area (Å²) in [5.74, 6) is 1.63. The molecule has 0 spiro atoms. The van der Waals surface area contributed by atoms with Crippen molar-refractivity contribution in [2.24, 2.45) is 28.6 Å². The molecule has 144 valence electrons. The smallest absolute Gasteiger partial charge is 0.312 e. The number of hydrogen-bond donors (Lipinski definition) is 0. The number of rotatable bonds is 4. The maximum atomic E-state index is 13.0. The summed E-state index contributed by atoms with van der Waals surface area (Å²) >= 11 is 0. The summed E-state index contributed by atoms with van der Waals surface area (Å²) in [6.07, 6.45) is 11.9. The highest BCUT2D eigenvalue weighted by Crippen LogP contribution is 2.62. The zero-order chi connectivity index (χ0) is 18.5. The molecule has 3 heteroatoms. The molecule has 4 rings (SSSR count). The number of ether oxygens (including phenoxy) is 2. The fourth-order valence-corrected chi connectivity index (χ4v) is 6.09. The highest BCUT2D eigenvalue weighted by atomic mass is 16.6. The van der Waals surface area contributed by atoms with E-state index in [2.05, 4.69) is 39.8 Å². The van der Waals surface area contributed by atoms with Crippen molar-refractivity contribution in [3.8, 4) is 0 Å². The van der Waals surface area contributed by atoms with Gasteiger partial charge in [-0.1, -0.05) is 44.9 Å². The van der Waals surface area contributed by atoms with Gasteiger partial charge in [0.05, 0.1) is 12.0 Å². The van der Waals surface area contributed by atoms with Gasteiger partial charge in [0.2, 0.25) is 0 Å². The van der Waals surface area contributed by atoms with Crippen LogP contribution in [0.4, 0.5) is 0 Å². The lowest BCUT2D eigenvalue weighted by Crippen LogP contribution is -2.53. The topological polar surface area (TPSA) is 38.8 Å². The Bertz CT molecular complexity index is 642. The molecule has 1 unspecified atom stereocenters. The van der Waals surface area contributed by atoms with Crippen LogP contribution in [-0.2, 0) is 14.3 Å². The molecule has 2 fully saturated rings. The van der Waals surface area contributed by atoms with Gasteiger partial charge in [0.15, 0.2) is 0 Å². The van der Waals surface area contributed by atoms with Gasteiger partial charge < -0.3 is 9.47 Å². The number of esters is 1. The summed E-state index contributed by atoms with van der Waals surface area (Å²) in [6, 6.07) is 0. The molecule has 0 bridgehead atoms. The first-order valence-corrected chi connectivity index (χ1v) is 10.5. The molecule has 1 saturated carbocycles. The summed E-state index contributed by atoms with van der Waals surface area (Å²) < 4.78 is 10.9. The van der Waals surface area contributed by atoms with Crippen LogP contribution >= 0.6 is 0 Å². The number of allylic oxidation sites excluding steroid dienone is 4.